The first-order valence-corrected chi connectivity index (χ1v) is 6.68. The van der Waals surface area contributed by atoms with E-state index in [0.717, 1.165) is 5.56 Å². The highest BCUT2D eigenvalue weighted by molar-refractivity contribution is 5.45. The van der Waals surface area contributed by atoms with E-state index in [1.807, 2.05) is 18.2 Å². The van der Waals surface area contributed by atoms with Crippen molar-refractivity contribution in [2.75, 3.05) is 13.4 Å². The van der Waals surface area contributed by atoms with Crippen LogP contribution in [0.25, 0.3) is 0 Å². The van der Waals surface area contributed by atoms with Crippen LogP contribution in [0.4, 0.5) is 4.39 Å². The summed E-state index contributed by atoms with van der Waals surface area (Å²) in [5, 5.41) is 0. The zero-order valence-corrected chi connectivity index (χ0v) is 11.6. The Bertz CT molecular complexity index is 660. The van der Waals surface area contributed by atoms with E-state index in [1.165, 1.54) is 0 Å². The highest BCUT2D eigenvalue weighted by atomic mass is 19.1. The number of fused-ring (bicyclic) bond motifs is 1. The van der Waals surface area contributed by atoms with Gasteiger partial charge in [0, 0.05) is 0 Å². The Morgan fingerprint density at radius 2 is 2.05 bits per heavy atom. The molecule has 3 rings (SSSR count). The third-order valence-electron chi connectivity index (χ3n) is 3.40. The molecule has 0 fully saturated rings. The Kier molecular flexibility index (Phi) is 3.66. The van der Waals surface area contributed by atoms with Gasteiger partial charge >= 0.3 is 0 Å². The molecule has 1 unspecified atom stereocenters. The number of hydrogen-bond acceptors (Lipinski definition) is 4. The summed E-state index contributed by atoms with van der Waals surface area (Å²) < 4.78 is 29.9. The molecule has 0 aliphatic carbocycles. The standard InChI is InChI=1S/C16H16FNO3/c1-10-3-2-4-14(16(10)17)19-8-12(18)11-5-6-13-15(7-11)21-9-20-13/h2-7,12H,8-9,18H2,1H3. The normalized spacial score (nSPS) is 14.0. The van der Waals surface area contributed by atoms with E-state index >= 15 is 0 Å². The van der Waals surface area contributed by atoms with Gasteiger partial charge in [0.25, 0.3) is 0 Å². The minimum Gasteiger partial charge on any atom is -0.489 e. The zero-order valence-electron chi connectivity index (χ0n) is 11.6. The van der Waals surface area contributed by atoms with Gasteiger partial charge in [-0.3, -0.25) is 0 Å². The molecular weight excluding hydrogens is 273 g/mol. The Morgan fingerprint density at radius 1 is 1.24 bits per heavy atom. The van der Waals surface area contributed by atoms with Crippen molar-refractivity contribution in [2.45, 2.75) is 13.0 Å². The van der Waals surface area contributed by atoms with Gasteiger partial charge in [-0.15, -0.1) is 0 Å². The molecular formula is C16H16FNO3. The SMILES string of the molecule is Cc1cccc(OCC(N)c2ccc3c(c2)OCO3)c1F. The van der Waals surface area contributed by atoms with Crippen molar-refractivity contribution >= 4 is 0 Å². The van der Waals surface area contributed by atoms with Gasteiger partial charge in [0.15, 0.2) is 23.1 Å². The molecule has 2 aromatic carbocycles. The molecule has 1 atom stereocenters. The average molecular weight is 289 g/mol. The molecule has 110 valence electrons. The molecule has 1 aliphatic heterocycles. The molecule has 0 saturated carbocycles. The fraction of sp³-hybridized carbons (Fsp3) is 0.250. The molecule has 0 radical (unpaired) electrons. The maximum Gasteiger partial charge on any atom is 0.231 e. The van der Waals surface area contributed by atoms with E-state index in [1.54, 1.807) is 25.1 Å². The minimum absolute atomic E-state index is 0.181. The van der Waals surface area contributed by atoms with Crippen LogP contribution in [0.2, 0.25) is 0 Å². The van der Waals surface area contributed by atoms with Gasteiger partial charge in [-0.05, 0) is 36.2 Å². The average Bonchev–Trinajstić information content (AvgIpc) is 2.96. The molecule has 1 aliphatic rings. The third kappa shape index (κ3) is 2.78. The van der Waals surface area contributed by atoms with Crippen LogP contribution in [0.5, 0.6) is 17.2 Å². The second-order valence-electron chi connectivity index (χ2n) is 4.92. The number of aryl methyl sites for hydroxylation is 1. The first-order chi connectivity index (χ1) is 10.1. The lowest BCUT2D eigenvalue weighted by Crippen LogP contribution is -2.19. The molecule has 4 nitrogen and oxygen atoms in total. The molecule has 2 aromatic rings. The molecule has 0 bridgehead atoms. The van der Waals surface area contributed by atoms with Gasteiger partial charge < -0.3 is 19.9 Å². The quantitative estimate of drug-likeness (QED) is 0.940. The third-order valence-corrected chi connectivity index (χ3v) is 3.40. The van der Waals surface area contributed by atoms with E-state index in [0.29, 0.717) is 17.1 Å². The van der Waals surface area contributed by atoms with Crippen molar-refractivity contribution in [2.24, 2.45) is 5.73 Å². The number of rotatable bonds is 4. The van der Waals surface area contributed by atoms with Gasteiger partial charge in [-0.2, -0.15) is 0 Å². The highest BCUT2D eigenvalue weighted by Gasteiger charge is 2.17. The van der Waals surface area contributed by atoms with Crippen molar-refractivity contribution < 1.29 is 18.6 Å². The second kappa shape index (κ2) is 5.61. The Balaban J connectivity index is 1.69. The molecule has 1 heterocycles. The van der Waals surface area contributed by atoms with E-state index in [4.69, 9.17) is 19.9 Å². The van der Waals surface area contributed by atoms with Crippen LogP contribution in [0.15, 0.2) is 36.4 Å². The summed E-state index contributed by atoms with van der Waals surface area (Å²) in [5.41, 5.74) is 7.48. The number of benzene rings is 2. The second-order valence-corrected chi connectivity index (χ2v) is 4.92. The van der Waals surface area contributed by atoms with Crippen LogP contribution in [0, 0.1) is 12.7 Å². The van der Waals surface area contributed by atoms with Crippen LogP contribution in [0.3, 0.4) is 0 Å². The summed E-state index contributed by atoms with van der Waals surface area (Å²) in [4.78, 5) is 0. The van der Waals surface area contributed by atoms with Gasteiger partial charge in [0.05, 0.1) is 6.04 Å². The fourth-order valence-electron chi connectivity index (χ4n) is 2.15. The highest BCUT2D eigenvalue weighted by Crippen LogP contribution is 2.34. The maximum absolute atomic E-state index is 13.8. The molecule has 0 aromatic heterocycles. The lowest BCUT2D eigenvalue weighted by atomic mass is 10.1. The van der Waals surface area contributed by atoms with Gasteiger partial charge in [-0.25, -0.2) is 4.39 Å². The predicted octanol–water partition coefficient (Wildman–Crippen LogP) is 2.94. The van der Waals surface area contributed by atoms with Crippen molar-refractivity contribution in [3.8, 4) is 17.2 Å². The summed E-state index contributed by atoms with van der Waals surface area (Å²) in [6.07, 6.45) is 0. The summed E-state index contributed by atoms with van der Waals surface area (Å²) >= 11 is 0. The lowest BCUT2D eigenvalue weighted by molar-refractivity contribution is 0.174. The van der Waals surface area contributed by atoms with Crippen molar-refractivity contribution in [1.29, 1.82) is 0 Å². The van der Waals surface area contributed by atoms with Gasteiger partial charge in [-0.1, -0.05) is 18.2 Å². The maximum atomic E-state index is 13.8. The lowest BCUT2D eigenvalue weighted by Gasteiger charge is -2.15. The van der Waals surface area contributed by atoms with Crippen LogP contribution in [-0.4, -0.2) is 13.4 Å². The molecule has 0 amide bonds. The summed E-state index contributed by atoms with van der Waals surface area (Å²) in [5.74, 6) is 1.24. The summed E-state index contributed by atoms with van der Waals surface area (Å²) in [6, 6.07) is 10.1. The summed E-state index contributed by atoms with van der Waals surface area (Å²) in [7, 11) is 0. The van der Waals surface area contributed by atoms with Crippen molar-refractivity contribution in [3.63, 3.8) is 0 Å². The molecule has 0 spiro atoms. The van der Waals surface area contributed by atoms with E-state index in [-0.39, 0.29) is 31.0 Å². The molecule has 21 heavy (non-hydrogen) atoms. The van der Waals surface area contributed by atoms with Crippen LogP contribution in [-0.2, 0) is 0 Å². The largest absolute Gasteiger partial charge is 0.489 e. The Morgan fingerprint density at radius 3 is 2.90 bits per heavy atom. The minimum atomic E-state index is -0.376. The fourth-order valence-corrected chi connectivity index (χ4v) is 2.15. The van der Waals surface area contributed by atoms with E-state index in [9.17, 15) is 4.39 Å². The van der Waals surface area contributed by atoms with E-state index < -0.39 is 0 Å². The van der Waals surface area contributed by atoms with Crippen molar-refractivity contribution in [1.82, 2.24) is 0 Å². The van der Waals surface area contributed by atoms with E-state index in [2.05, 4.69) is 0 Å². The zero-order chi connectivity index (χ0) is 14.8. The first kappa shape index (κ1) is 13.7. The predicted molar refractivity (Wildman–Crippen MR) is 76.1 cm³/mol. The topological polar surface area (TPSA) is 53.7 Å². The number of halogens is 1. The van der Waals surface area contributed by atoms with Crippen molar-refractivity contribution in [3.05, 3.63) is 53.3 Å². The monoisotopic (exact) mass is 289 g/mol. The first-order valence-electron chi connectivity index (χ1n) is 6.68. The Hall–Kier alpha value is -2.27. The number of hydrogen-bond donors (Lipinski definition) is 1. The van der Waals surface area contributed by atoms with Gasteiger partial charge in [0.2, 0.25) is 6.79 Å². The van der Waals surface area contributed by atoms with Gasteiger partial charge in [0.1, 0.15) is 6.61 Å². The Labute approximate surface area is 122 Å². The van der Waals surface area contributed by atoms with Crippen LogP contribution in [0.1, 0.15) is 17.2 Å². The number of nitrogens with two attached hydrogens (primary N) is 1. The van der Waals surface area contributed by atoms with Crippen LogP contribution < -0.4 is 19.9 Å². The molecule has 5 heteroatoms. The summed E-state index contributed by atoms with van der Waals surface area (Å²) in [6.45, 7) is 2.10. The smallest absolute Gasteiger partial charge is 0.231 e. The molecule has 2 N–H and O–H groups in total. The number of ether oxygens (including phenoxy) is 3. The molecule has 0 saturated heterocycles. The van der Waals surface area contributed by atoms with Crippen LogP contribution >= 0.6 is 0 Å².